The lowest BCUT2D eigenvalue weighted by Crippen LogP contribution is -2.24. The lowest BCUT2D eigenvalue weighted by atomic mass is 10.4. The quantitative estimate of drug-likeness (QED) is 0.548. The van der Waals surface area contributed by atoms with Gasteiger partial charge in [-0.05, 0) is 7.05 Å². The molecule has 0 aromatic heterocycles. The molecule has 0 atom stereocenters. The second-order valence-corrected chi connectivity index (χ2v) is 2.27. The molecule has 3 nitrogen and oxygen atoms in total. The fraction of sp³-hybridized carbons (Fsp3) is 0.571. The first-order valence-electron chi connectivity index (χ1n) is 3.24. The molecule has 0 rings (SSSR count). The molecular formula is C7H14N2O. The lowest BCUT2D eigenvalue weighted by Gasteiger charge is -2.11. The summed E-state index contributed by atoms with van der Waals surface area (Å²) in [6.07, 6.45) is 2.21. The van der Waals surface area contributed by atoms with Crippen molar-refractivity contribution in [2.24, 2.45) is 5.73 Å². The molecule has 0 saturated carbocycles. The van der Waals surface area contributed by atoms with Gasteiger partial charge in [0.05, 0.1) is 0 Å². The first kappa shape index (κ1) is 9.17. The maximum absolute atomic E-state index is 10.3. The molecule has 0 spiro atoms. The summed E-state index contributed by atoms with van der Waals surface area (Å²) < 4.78 is 0. The highest BCUT2D eigenvalue weighted by Gasteiger charge is 1.97. The first-order chi connectivity index (χ1) is 4.66. The van der Waals surface area contributed by atoms with Crippen molar-refractivity contribution < 1.29 is 4.79 Å². The number of carbonyl (C=O) groups excluding carboxylic acids is 1. The third kappa shape index (κ3) is 5.31. The minimum absolute atomic E-state index is 0.254. The molecular weight excluding hydrogens is 128 g/mol. The number of nitrogens with two attached hydrogens (primary N) is 1. The normalized spacial score (nSPS) is 9.80. The zero-order valence-electron chi connectivity index (χ0n) is 6.34. The van der Waals surface area contributed by atoms with Crippen LogP contribution in [0, 0.1) is 0 Å². The average molecular weight is 142 g/mol. The Morgan fingerprint density at radius 3 is 2.80 bits per heavy atom. The van der Waals surface area contributed by atoms with Gasteiger partial charge in [-0.25, -0.2) is 0 Å². The maximum Gasteiger partial charge on any atom is 0.218 e. The molecule has 0 aliphatic heterocycles. The molecule has 0 aliphatic rings. The standard InChI is InChI=1S/C7H14N2O/c1-3-5-9(2)6-4-7(8)10/h3H,1,4-6H2,2H3,(H2,8,10). The molecule has 58 valence electrons. The summed E-state index contributed by atoms with van der Waals surface area (Å²) >= 11 is 0. The Morgan fingerprint density at radius 2 is 2.40 bits per heavy atom. The molecule has 0 aliphatic carbocycles. The van der Waals surface area contributed by atoms with Crippen LogP contribution in [-0.2, 0) is 4.79 Å². The van der Waals surface area contributed by atoms with Crippen LogP contribution < -0.4 is 5.73 Å². The Balaban J connectivity index is 3.29. The number of nitrogens with zero attached hydrogens (tertiary/aromatic N) is 1. The molecule has 1 amide bonds. The second kappa shape index (κ2) is 4.99. The molecule has 0 fully saturated rings. The fourth-order valence-electron chi connectivity index (χ4n) is 0.613. The average Bonchev–Trinajstić information content (AvgIpc) is 1.85. The Kier molecular flexibility index (Phi) is 4.58. The van der Waals surface area contributed by atoms with E-state index < -0.39 is 0 Å². The number of carbonyl (C=O) groups is 1. The topological polar surface area (TPSA) is 46.3 Å². The Morgan fingerprint density at radius 1 is 1.80 bits per heavy atom. The van der Waals surface area contributed by atoms with Crippen molar-refractivity contribution in [2.75, 3.05) is 20.1 Å². The predicted octanol–water partition coefficient (Wildman–Crippen LogP) is -0.0204. The molecule has 0 heterocycles. The van der Waals surface area contributed by atoms with Gasteiger partial charge in [-0.2, -0.15) is 0 Å². The van der Waals surface area contributed by atoms with E-state index in [1.807, 2.05) is 11.9 Å². The van der Waals surface area contributed by atoms with Gasteiger partial charge in [0.15, 0.2) is 0 Å². The highest BCUT2D eigenvalue weighted by Crippen LogP contribution is 1.85. The lowest BCUT2D eigenvalue weighted by molar-refractivity contribution is -0.118. The number of hydrogen-bond donors (Lipinski definition) is 1. The Hall–Kier alpha value is -0.830. The van der Waals surface area contributed by atoms with Crippen LogP contribution in [0.25, 0.3) is 0 Å². The van der Waals surface area contributed by atoms with Gasteiger partial charge in [0.25, 0.3) is 0 Å². The van der Waals surface area contributed by atoms with Gasteiger partial charge in [-0.1, -0.05) is 6.08 Å². The van der Waals surface area contributed by atoms with Crippen LogP contribution in [0.5, 0.6) is 0 Å². The zero-order valence-corrected chi connectivity index (χ0v) is 6.34. The van der Waals surface area contributed by atoms with Gasteiger partial charge >= 0.3 is 0 Å². The largest absolute Gasteiger partial charge is 0.370 e. The zero-order chi connectivity index (χ0) is 7.98. The minimum atomic E-state index is -0.254. The fourth-order valence-corrected chi connectivity index (χ4v) is 0.613. The van der Waals surface area contributed by atoms with E-state index in [0.717, 1.165) is 6.54 Å². The number of hydrogen-bond acceptors (Lipinski definition) is 2. The molecule has 0 unspecified atom stereocenters. The monoisotopic (exact) mass is 142 g/mol. The Bertz CT molecular complexity index is 123. The number of primary amides is 1. The number of rotatable bonds is 5. The van der Waals surface area contributed by atoms with Crippen molar-refractivity contribution in [1.82, 2.24) is 4.90 Å². The van der Waals surface area contributed by atoms with Crippen LogP contribution in [0.1, 0.15) is 6.42 Å². The summed E-state index contributed by atoms with van der Waals surface area (Å²) in [6, 6.07) is 0. The minimum Gasteiger partial charge on any atom is -0.370 e. The van der Waals surface area contributed by atoms with Crippen molar-refractivity contribution in [3.8, 4) is 0 Å². The van der Waals surface area contributed by atoms with E-state index in [1.54, 1.807) is 6.08 Å². The van der Waals surface area contributed by atoms with E-state index in [2.05, 4.69) is 6.58 Å². The molecule has 3 heteroatoms. The highest BCUT2D eigenvalue weighted by atomic mass is 16.1. The number of likely N-dealkylation sites (N-methyl/N-ethyl adjacent to an activating group) is 1. The van der Waals surface area contributed by atoms with E-state index in [0.29, 0.717) is 13.0 Å². The van der Waals surface area contributed by atoms with Crippen molar-refractivity contribution in [3.05, 3.63) is 12.7 Å². The maximum atomic E-state index is 10.3. The third-order valence-corrected chi connectivity index (χ3v) is 1.18. The molecule has 10 heavy (non-hydrogen) atoms. The van der Waals surface area contributed by atoms with Gasteiger partial charge in [0.2, 0.25) is 5.91 Å². The van der Waals surface area contributed by atoms with Crippen molar-refractivity contribution in [1.29, 1.82) is 0 Å². The van der Waals surface area contributed by atoms with Crippen molar-refractivity contribution >= 4 is 5.91 Å². The first-order valence-corrected chi connectivity index (χ1v) is 3.24. The van der Waals surface area contributed by atoms with Crippen LogP contribution in [-0.4, -0.2) is 30.9 Å². The van der Waals surface area contributed by atoms with E-state index >= 15 is 0 Å². The molecule has 0 saturated heterocycles. The Labute approximate surface area is 61.5 Å². The van der Waals surface area contributed by atoms with Crippen molar-refractivity contribution in [2.45, 2.75) is 6.42 Å². The van der Waals surface area contributed by atoms with Crippen LogP contribution in [0.15, 0.2) is 12.7 Å². The van der Waals surface area contributed by atoms with Gasteiger partial charge in [-0.15, -0.1) is 6.58 Å². The highest BCUT2D eigenvalue weighted by molar-refractivity contribution is 5.73. The van der Waals surface area contributed by atoms with Crippen LogP contribution in [0.3, 0.4) is 0 Å². The molecule has 0 aromatic carbocycles. The molecule has 0 radical (unpaired) electrons. The van der Waals surface area contributed by atoms with E-state index in [-0.39, 0.29) is 5.91 Å². The van der Waals surface area contributed by atoms with E-state index in [4.69, 9.17) is 5.73 Å². The van der Waals surface area contributed by atoms with Gasteiger partial charge in [0.1, 0.15) is 0 Å². The second-order valence-electron chi connectivity index (χ2n) is 2.27. The summed E-state index contributed by atoms with van der Waals surface area (Å²) in [6.45, 7) is 5.08. The van der Waals surface area contributed by atoms with Gasteiger partial charge < -0.3 is 10.6 Å². The van der Waals surface area contributed by atoms with Crippen LogP contribution in [0.2, 0.25) is 0 Å². The summed E-state index contributed by atoms with van der Waals surface area (Å²) in [5.74, 6) is -0.254. The smallest absolute Gasteiger partial charge is 0.218 e. The summed E-state index contributed by atoms with van der Waals surface area (Å²) in [7, 11) is 1.92. The number of amides is 1. The van der Waals surface area contributed by atoms with Gasteiger partial charge in [-0.3, -0.25) is 4.79 Å². The predicted molar refractivity (Wildman–Crippen MR) is 41.5 cm³/mol. The van der Waals surface area contributed by atoms with Crippen LogP contribution in [0.4, 0.5) is 0 Å². The molecule has 0 aromatic rings. The van der Waals surface area contributed by atoms with Gasteiger partial charge in [0, 0.05) is 19.5 Å². The third-order valence-electron chi connectivity index (χ3n) is 1.18. The van der Waals surface area contributed by atoms with Crippen LogP contribution >= 0.6 is 0 Å². The van der Waals surface area contributed by atoms with E-state index in [9.17, 15) is 4.79 Å². The molecule has 0 bridgehead atoms. The summed E-state index contributed by atoms with van der Waals surface area (Å²) in [5.41, 5.74) is 4.95. The molecule has 2 N–H and O–H groups in total. The summed E-state index contributed by atoms with van der Waals surface area (Å²) in [4.78, 5) is 12.3. The van der Waals surface area contributed by atoms with E-state index in [1.165, 1.54) is 0 Å². The summed E-state index contributed by atoms with van der Waals surface area (Å²) in [5, 5.41) is 0. The SMILES string of the molecule is C=CCN(C)CCC(N)=O. The van der Waals surface area contributed by atoms with Crippen molar-refractivity contribution in [3.63, 3.8) is 0 Å².